The number of nitrogens with one attached hydrogen (secondary N) is 1. The van der Waals surface area contributed by atoms with E-state index >= 15 is 0 Å². The van der Waals surface area contributed by atoms with Gasteiger partial charge in [0.25, 0.3) is 5.56 Å². The molecule has 34 heavy (non-hydrogen) atoms. The number of carbonyl (C=O) groups excluding carboxylic acids is 1. The highest BCUT2D eigenvalue weighted by Gasteiger charge is 2.16. The zero-order valence-corrected chi connectivity index (χ0v) is 20.3. The molecule has 3 aromatic rings. The molecular weight excluding hydrogens is 460 g/mol. The maximum absolute atomic E-state index is 12.6. The fourth-order valence-electron chi connectivity index (χ4n) is 3.21. The van der Waals surface area contributed by atoms with Crippen molar-refractivity contribution in [2.24, 2.45) is 7.05 Å². The van der Waals surface area contributed by atoms with E-state index in [-0.39, 0.29) is 11.1 Å². The normalized spacial score (nSPS) is 11.2. The van der Waals surface area contributed by atoms with Gasteiger partial charge in [-0.2, -0.15) is 5.10 Å². The third-order valence-electron chi connectivity index (χ3n) is 5.08. The number of aromatic nitrogens is 2. The number of rotatable bonds is 8. The van der Waals surface area contributed by atoms with Crippen LogP contribution in [0, 0.1) is 5.82 Å². The van der Waals surface area contributed by atoms with Crippen molar-refractivity contribution in [3.63, 3.8) is 0 Å². The number of nitrogens with zero attached hydrogens (tertiary/aromatic N) is 2. The molecule has 0 bridgehead atoms. The standard InChI is InChI=1S/C17H21N3O4.C7H6FOP/c1-18-14(17(22)23)9-12-6-4-5-11(7-12)8-13-15(24-3)10-19-20(2)16(13)21;8-6-2-1-3-7(10)5(6)4-9/h4-7,10,14,18H,8-9H2,1-3H3,(H,22,23);1-4H,10H2. The highest BCUT2D eigenvalue weighted by molar-refractivity contribution is 7.27. The van der Waals surface area contributed by atoms with Crippen LogP contribution in [-0.2, 0) is 24.7 Å². The number of halogens is 1. The minimum absolute atomic E-state index is 0.118. The van der Waals surface area contributed by atoms with Gasteiger partial charge in [0.05, 0.1) is 24.4 Å². The molecule has 0 aliphatic rings. The third kappa shape index (κ3) is 7.04. The van der Waals surface area contributed by atoms with E-state index in [1.807, 2.05) is 24.3 Å². The second-order valence-corrected chi connectivity index (χ2v) is 7.98. The molecule has 2 N–H and O–H groups in total. The largest absolute Gasteiger partial charge is 0.495 e. The topological polar surface area (TPSA) is 111 Å². The number of aliphatic carboxylic acids is 1. The van der Waals surface area contributed by atoms with Crippen molar-refractivity contribution in [2.75, 3.05) is 14.2 Å². The Morgan fingerprint density at radius 3 is 2.53 bits per heavy atom. The average Bonchev–Trinajstić information content (AvgIpc) is 2.81. The van der Waals surface area contributed by atoms with Gasteiger partial charge in [-0.25, -0.2) is 9.07 Å². The molecule has 0 aliphatic heterocycles. The number of aryl methyl sites for hydroxylation is 1. The van der Waals surface area contributed by atoms with Gasteiger partial charge in [0.15, 0.2) is 6.29 Å². The van der Waals surface area contributed by atoms with Crippen molar-refractivity contribution >= 4 is 26.8 Å². The number of hydrogen-bond donors (Lipinski definition) is 2. The highest BCUT2D eigenvalue weighted by atomic mass is 31.0. The molecule has 0 radical (unpaired) electrons. The summed E-state index contributed by atoms with van der Waals surface area (Å²) in [5.41, 5.74) is 2.23. The van der Waals surface area contributed by atoms with Gasteiger partial charge in [-0.15, -0.1) is 9.24 Å². The number of carboxylic acids is 1. The molecule has 3 rings (SSSR count). The van der Waals surface area contributed by atoms with Gasteiger partial charge in [0.1, 0.15) is 17.6 Å². The SMILES string of the molecule is CNC(Cc1cccc(Cc2c(OC)cnn(C)c2=O)c1)C(=O)O.O=Cc1c(F)cccc1P. The number of carboxylic acid groups (broad SMARTS) is 1. The molecule has 0 spiro atoms. The smallest absolute Gasteiger partial charge is 0.321 e. The van der Waals surface area contributed by atoms with Crippen molar-refractivity contribution in [3.8, 4) is 5.75 Å². The average molecular weight is 487 g/mol. The Balaban J connectivity index is 0.000000340. The maximum atomic E-state index is 12.6. The van der Waals surface area contributed by atoms with Crippen molar-refractivity contribution in [1.82, 2.24) is 15.1 Å². The molecule has 2 atom stereocenters. The van der Waals surface area contributed by atoms with Gasteiger partial charge < -0.3 is 15.2 Å². The third-order valence-corrected chi connectivity index (χ3v) is 5.58. The van der Waals surface area contributed by atoms with Crippen LogP contribution in [0.4, 0.5) is 4.39 Å². The van der Waals surface area contributed by atoms with Gasteiger partial charge in [-0.3, -0.25) is 14.4 Å². The first-order valence-electron chi connectivity index (χ1n) is 10.3. The molecular formula is C24H27FN3O5P. The monoisotopic (exact) mass is 487 g/mol. The number of carbonyl (C=O) groups is 2. The van der Waals surface area contributed by atoms with E-state index in [0.717, 1.165) is 11.1 Å². The Kier molecular flexibility index (Phi) is 10.0. The van der Waals surface area contributed by atoms with Gasteiger partial charge in [-0.05, 0) is 36.0 Å². The quantitative estimate of drug-likeness (QED) is 0.368. The first kappa shape index (κ1) is 26.8. The van der Waals surface area contributed by atoms with Crippen LogP contribution in [0.3, 0.4) is 0 Å². The van der Waals surface area contributed by atoms with Crippen LogP contribution in [0.5, 0.6) is 5.75 Å². The predicted molar refractivity (Wildman–Crippen MR) is 131 cm³/mol. The van der Waals surface area contributed by atoms with E-state index < -0.39 is 17.8 Å². The molecule has 10 heteroatoms. The summed E-state index contributed by atoms with van der Waals surface area (Å²) in [6, 6.07) is 11.4. The van der Waals surface area contributed by atoms with E-state index in [0.29, 0.717) is 35.7 Å². The lowest BCUT2D eigenvalue weighted by Crippen LogP contribution is -2.35. The van der Waals surface area contributed by atoms with Crippen molar-refractivity contribution in [3.05, 3.63) is 87.1 Å². The van der Waals surface area contributed by atoms with E-state index in [2.05, 4.69) is 19.7 Å². The van der Waals surface area contributed by atoms with Crippen LogP contribution in [0.25, 0.3) is 0 Å². The summed E-state index contributed by atoms with van der Waals surface area (Å²) < 4.78 is 19.1. The molecule has 0 amide bonds. The van der Waals surface area contributed by atoms with E-state index in [4.69, 9.17) is 9.84 Å². The van der Waals surface area contributed by atoms with Crippen molar-refractivity contribution in [2.45, 2.75) is 18.9 Å². The summed E-state index contributed by atoms with van der Waals surface area (Å²) in [6.45, 7) is 0. The lowest BCUT2D eigenvalue weighted by molar-refractivity contribution is -0.139. The Hall–Kier alpha value is -3.42. The summed E-state index contributed by atoms with van der Waals surface area (Å²) in [4.78, 5) is 33.6. The van der Waals surface area contributed by atoms with Gasteiger partial charge in [0.2, 0.25) is 0 Å². The fraction of sp³-hybridized carbons (Fsp3) is 0.250. The van der Waals surface area contributed by atoms with Crippen LogP contribution >= 0.6 is 9.24 Å². The van der Waals surface area contributed by atoms with Crippen LogP contribution < -0.4 is 20.9 Å². The van der Waals surface area contributed by atoms with E-state index in [1.165, 1.54) is 24.1 Å². The number of hydrogen-bond acceptors (Lipinski definition) is 6. The molecule has 180 valence electrons. The van der Waals surface area contributed by atoms with Crippen LogP contribution in [-0.4, -0.2) is 47.3 Å². The molecule has 0 aliphatic carbocycles. The number of benzene rings is 2. The maximum Gasteiger partial charge on any atom is 0.321 e. The minimum Gasteiger partial charge on any atom is -0.495 e. The molecule has 2 aromatic carbocycles. The molecule has 2 unspecified atom stereocenters. The second-order valence-electron chi connectivity index (χ2n) is 7.36. The second kappa shape index (κ2) is 12.7. The Morgan fingerprint density at radius 1 is 1.29 bits per heavy atom. The highest BCUT2D eigenvalue weighted by Crippen LogP contribution is 2.18. The van der Waals surface area contributed by atoms with E-state index in [9.17, 15) is 18.8 Å². The zero-order chi connectivity index (χ0) is 25.3. The number of aldehydes is 1. The Labute approximate surface area is 199 Å². The molecule has 8 nitrogen and oxygen atoms in total. The summed E-state index contributed by atoms with van der Waals surface area (Å²) in [7, 11) is 7.00. The minimum atomic E-state index is -0.896. The van der Waals surface area contributed by atoms with Gasteiger partial charge in [0, 0.05) is 13.5 Å². The molecule has 0 saturated heterocycles. The first-order valence-corrected chi connectivity index (χ1v) is 10.9. The fourth-order valence-corrected chi connectivity index (χ4v) is 3.52. The molecule has 1 heterocycles. The van der Waals surface area contributed by atoms with Crippen LogP contribution in [0.15, 0.2) is 53.5 Å². The summed E-state index contributed by atoms with van der Waals surface area (Å²) in [5.74, 6) is -0.919. The van der Waals surface area contributed by atoms with Gasteiger partial charge >= 0.3 is 5.97 Å². The number of ether oxygens (including phenoxy) is 1. The Morgan fingerprint density at radius 2 is 1.97 bits per heavy atom. The van der Waals surface area contributed by atoms with Crippen LogP contribution in [0.1, 0.15) is 27.0 Å². The lowest BCUT2D eigenvalue weighted by atomic mass is 10.00. The molecule has 1 aromatic heterocycles. The number of methoxy groups -OCH3 is 1. The summed E-state index contributed by atoms with van der Waals surface area (Å²) in [6.07, 6.45) is 2.79. The predicted octanol–water partition coefficient (Wildman–Crippen LogP) is 1.73. The Bertz CT molecular complexity index is 1200. The lowest BCUT2D eigenvalue weighted by Gasteiger charge is -2.13. The van der Waals surface area contributed by atoms with Crippen molar-refractivity contribution < 1.29 is 23.8 Å². The molecule has 0 saturated carbocycles. The van der Waals surface area contributed by atoms with Crippen molar-refractivity contribution in [1.29, 1.82) is 0 Å². The van der Waals surface area contributed by atoms with Crippen LogP contribution in [0.2, 0.25) is 0 Å². The molecule has 0 fully saturated rings. The summed E-state index contributed by atoms with van der Waals surface area (Å²) in [5, 5.41) is 16.5. The number of likely N-dealkylation sites (N-methyl/N-ethyl adjacent to an activating group) is 1. The first-order chi connectivity index (χ1) is 16.2. The zero-order valence-electron chi connectivity index (χ0n) is 19.1. The van der Waals surface area contributed by atoms with Gasteiger partial charge in [-0.1, -0.05) is 36.4 Å². The summed E-state index contributed by atoms with van der Waals surface area (Å²) >= 11 is 0. The van der Waals surface area contributed by atoms with E-state index in [1.54, 1.807) is 26.2 Å².